The van der Waals surface area contributed by atoms with Crippen LogP contribution >= 0.6 is 11.3 Å². The van der Waals surface area contributed by atoms with Crippen molar-refractivity contribution in [2.75, 3.05) is 18.5 Å². The number of carbonyl (C=O) groups is 2. The number of carboxylic acid groups (broad SMARTS) is 2. The highest BCUT2D eigenvalue weighted by molar-refractivity contribution is 7.20. The van der Waals surface area contributed by atoms with Gasteiger partial charge in [0.2, 0.25) is 0 Å². The lowest BCUT2D eigenvalue weighted by molar-refractivity contribution is -0.139. The van der Waals surface area contributed by atoms with E-state index in [0.29, 0.717) is 16.1 Å². The quantitative estimate of drug-likeness (QED) is 0.718. The number of rotatable bonds is 7. The Morgan fingerprint density at radius 2 is 2.14 bits per heavy atom. The number of hydrogen-bond acceptors (Lipinski definition) is 6. The van der Waals surface area contributed by atoms with Gasteiger partial charge in [-0.05, 0) is 12.0 Å². The van der Waals surface area contributed by atoms with Gasteiger partial charge in [-0.15, -0.1) is 11.3 Å². The van der Waals surface area contributed by atoms with E-state index in [0.717, 1.165) is 23.6 Å². The van der Waals surface area contributed by atoms with E-state index in [1.807, 2.05) is 0 Å². The second-order valence-corrected chi connectivity index (χ2v) is 6.10. The smallest absolute Gasteiger partial charge is 0.349 e. The Hall–Kier alpha value is -2.35. The van der Waals surface area contributed by atoms with Crippen molar-refractivity contribution >= 4 is 39.2 Å². The number of aliphatic carboxylic acids is 1. The van der Waals surface area contributed by atoms with Gasteiger partial charge in [0.15, 0.2) is 17.2 Å². The molecule has 22 heavy (non-hydrogen) atoms. The maximum absolute atomic E-state index is 11.3. The van der Waals surface area contributed by atoms with Crippen LogP contribution in [0.1, 0.15) is 23.5 Å². The zero-order valence-electron chi connectivity index (χ0n) is 12.1. The van der Waals surface area contributed by atoms with E-state index in [1.165, 1.54) is 0 Å². The maximum Gasteiger partial charge on any atom is 0.349 e. The molecule has 0 saturated heterocycles. The van der Waals surface area contributed by atoms with E-state index in [9.17, 15) is 14.7 Å². The van der Waals surface area contributed by atoms with E-state index in [2.05, 4.69) is 24.1 Å². The van der Waals surface area contributed by atoms with E-state index >= 15 is 0 Å². The molecule has 2 aromatic heterocycles. The highest BCUT2D eigenvalue weighted by atomic mass is 32.1. The van der Waals surface area contributed by atoms with Gasteiger partial charge >= 0.3 is 11.9 Å². The molecule has 7 nitrogen and oxygen atoms in total. The summed E-state index contributed by atoms with van der Waals surface area (Å²) in [5.74, 6) is -1.84. The first-order valence-corrected chi connectivity index (χ1v) is 7.44. The topological polar surface area (TPSA) is 109 Å². The van der Waals surface area contributed by atoms with Gasteiger partial charge in [-0.1, -0.05) is 13.8 Å². The van der Waals surface area contributed by atoms with Crippen molar-refractivity contribution in [2.24, 2.45) is 5.92 Å². The van der Waals surface area contributed by atoms with Crippen LogP contribution in [0.4, 0.5) is 5.69 Å². The third-order valence-electron chi connectivity index (χ3n) is 2.75. The first-order chi connectivity index (χ1) is 10.4. The molecule has 0 bridgehead atoms. The summed E-state index contributed by atoms with van der Waals surface area (Å²) in [6, 6.07) is 1.73. The Labute approximate surface area is 130 Å². The average molecular weight is 324 g/mol. The summed E-state index contributed by atoms with van der Waals surface area (Å²) in [4.78, 5) is 26.6. The van der Waals surface area contributed by atoms with E-state index in [-0.39, 0.29) is 10.6 Å². The standard InChI is InChI=1S/C14H16N2O5S/c1-7(2)4-15-8-3-9-11(21-6-10(17)18)12(14(19)20)22-13(9)16-5-8/h3,5,7,15H,4,6H2,1-2H3,(H,17,18)(H,19,20). The van der Waals surface area contributed by atoms with Crippen molar-refractivity contribution in [2.45, 2.75) is 13.8 Å². The van der Waals surface area contributed by atoms with Crippen molar-refractivity contribution in [1.82, 2.24) is 4.98 Å². The monoisotopic (exact) mass is 324 g/mol. The first-order valence-electron chi connectivity index (χ1n) is 6.62. The Morgan fingerprint density at radius 1 is 1.41 bits per heavy atom. The molecule has 0 aliphatic carbocycles. The Kier molecular flexibility index (Phi) is 4.81. The van der Waals surface area contributed by atoms with Crippen molar-refractivity contribution in [3.8, 4) is 5.75 Å². The summed E-state index contributed by atoms with van der Waals surface area (Å²) < 4.78 is 5.16. The van der Waals surface area contributed by atoms with Crippen LogP contribution in [0.3, 0.4) is 0 Å². The van der Waals surface area contributed by atoms with Crippen LogP contribution in [-0.4, -0.2) is 40.3 Å². The molecule has 2 aromatic rings. The fraction of sp³-hybridized carbons (Fsp3) is 0.357. The number of carboxylic acids is 2. The molecule has 0 aromatic carbocycles. The van der Waals surface area contributed by atoms with E-state index in [4.69, 9.17) is 9.84 Å². The highest BCUT2D eigenvalue weighted by Crippen LogP contribution is 2.38. The summed E-state index contributed by atoms with van der Waals surface area (Å²) in [5, 5.41) is 21.6. The third-order valence-corrected chi connectivity index (χ3v) is 3.83. The number of hydrogen-bond donors (Lipinski definition) is 3. The van der Waals surface area contributed by atoms with Crippen molar-refractivity contribution in [3.05, 3.63) is 17.1 Å². The summed E-state index contributed by atoms with van der Waals surface area (Å²) in [6.45, 7) is 4.27. The number of anilines is 1. The zero-order valence-corrected chi connectivity index (χ0v) is 12.9. The van der Waals surface area contributed by atoms with Crippen LogP contribution < -0.4 is 10.1 Å². The fourth-order valence-electron chi connectivity index (χ4n) is 1.80. The predicted octanol–water partition coefficient (Wildman–Crippen LogP) is 2.53. The molecule has 2 heterocycles. The minimum atomic E-state index is -1.17. The molecule has 0 radical (unpaired) electrons. The lowest BCUT2D eigenvalue weighted by Crippen LogP contribution is -2.11. The molecule has 0 atom stereocenters. The molecule has 0 amide bonds. The van der Waals surface area contributed by atoms with Crippen LogP contribution in [-0.2, 0) is 4.79 Å². The van der Waals surface area contributed by atoms with Gasteiger partial charge < -0.3 is 20.3 Å². The van der Waals surface area contributed by atoms with Crippen LogP contribution in [0, 0.1) is 5.92 Å². The second-order valence-electron chi connectivity index (χ2n) is 5.10. The number of pyridine rings is 1. The lowest BCUT2D eigenvalue weighted by atomic mass is 10.2. The van der Waals surface area contributed by atoms with Gasteiger partial charge in [0.25, 0.3) is 0 Å². The lowest BCUT2D eigenvalue weighted by Gasteiger charge is -2.09. The van der Waals surface area contributed by atoms with Gasteiger partial charge in [0.05, 0.1) is 17.3 Å². The van der Waals surface area contributed by atoms with E-state index < -0.39 is 18.5 Å². The molecule has 0 unspecified atom stereocenters. The van der Waals surface area contributed by atoms with Crippen LogP contribution in [0.25, 0.3) is 10.2 Å². The molecule has 0 aliphatic rings. The minimum absolute atomic E-state index is 0.0511. The number of aromatic carboxylic acids is 1. The van der Waals surface area contributed by atoms with Gasteiger partial charge in [-0.2, -0.15) is 0 Å². The Morgan fingerprint density at radius 3 is 2.73 bits per heavy atom. The fourth-order valence-corrected chi connectivity index (χ4v) is 2.71. The third kappa shape index (κ3) is 3.64. The van der Waals surface area contributed by atoms with Gasteiger partial charge in [0, 0.05) is 6.54 Å². The Bertz CT molecular complexity index is 711. The summed E-state index contributed by atoms with van der Waals surface area (Å²) in [5.41, 5.74) is 0.733. The molecule has 0 saturated carbocycles. The van der Waals surface area contributed by atoms with Gasteiger partial charge in [0.1, 0.15) is 4.83 Å². The minimum Gasteiger partial charge on any atom is -0.479 e. The summed E-state index contributed by atoms with van der Waals surface area (Å²) in [7, 11) is 0. The van der Waals surface area contributed by atoms with Gasteiger partial charge in [-0.25, -0.2) is 14.6 Å². The number of fused-ring (bicyclic) bond motifs is 1. The van der Waals surface area contributed by atoms with Crippen LogP contribution in [0.5, 0.6) is 5.75 Å². The largest absolute Gasteiger partial charge is 0.479 e. The number of aromatic nitrogens is 1. The molecular weight excluding hydrogens is 308 g/mol. The summed E-state index contributed by atoms with van der Waals surface area (Å²) in [6.07, 6.45) is 1.62. The number of ether oxygens (including phenoxy) is 1. The number of thiophene rings is 1. The molecule has 0 aliphatic heterocycles. The second kappa shape index (κ2) is 6.61. The average Bonchev–Trinajstić information content (AvgIpc) is 2.81. The molecule has 2 rings (SSSR count). The Balaban J connectivity index is 2.41. The van der Waals surface area contributed by atoms with Crippen LogP contribution in [0.2, 0.25) is 0 Å². The molecule has 118 valence electrons. The first kappa shape index (κ1) is 16.0. The molecule has 0 fully saturated rings. The van der Waals surface area contributed by atoms with Crippen LogP contribution in [0.15, 0.2) is 12.3 Å². The molecule has 0 spiro atoms. The number of nitrogens with zero attached hydrogens (tertiary/aromatic N) is 1. The van der Waals surface area contributed by atoms with Crippen molar-refractivity contribution in [3.63, 3.8) is 0 Å². The van der Waals surface area contributed by atoms with Gasteiger partial charge in [-0.3, -0.25) is 0 Å². The number of nitrogens with one attached hydrogen (secondary N) is 1. The maximum atomic E-state index is 11.3. The summed E-state index contributed by atoms with van der Waals surface area (Å²) >= 11 is 0.960. The highest BCUT2D eigenvalue weighted by Gasteiger charge is 2.21. The molecular formula is C14H16N2O5S. The molecule has 3 N–H and O–H groups in total. The SMILES string of the molecule is CC(C)CNc1cnc2sc(C(=O)O)c(OCC(=O)O)c2c1. The van der Waals surface area contributed by atoms with E-state index in [1.54, 1.807) is 12.3 Å². The van der Waals surface area contributed by atoms with Crippen molar-refractivity contribution < 1.29 is 24.5 Å². The zero-order chi connectivity index (χ0) is 16.3. The predicted molar refractivity (Wildman–Crippen MR) is 83.0 cm³/mol. The normalized spacial score (nSPS) is 10.9. The molecule has 8 heteroatoms. The van der Waals surface area contributed by atoms with Crippen molar-refractivity contribution in [1.29, 1.82) is 0 Å².